The fourth-order valence-corrected chi connectivity index (χ4v) is 4.35. The lowest BCUT2D eigenvalue weighted by Crippen LogP contribution is -2.43. The zero-order chi connectivity index (χ0) is 19.6. The molecule has 0 N–H and O–H groups in total. The molecular formula is C22H35N3O2. The summed E-state index contributed by atoms with van der Waals surface area (Å²) in [6, 6.07) is 1.67. The maximum absolute atomic E-state index is 12.8. The molecule has 0 aromatic carbocycles. The van der Waals surface area contributed by atoms with Crippen LogP contribution in [0.15, 0.2) is 17.2 Å². The van der Waals surface area contributed by atoms with Crippen molar-refractivity contribution in [2.75, 3.05) is 13.1 Å². The molecule has 1 saturated heterocycles. The summed E-state index contributed by atoms with van der Waals surface area (Å²) < 4.78 is 1.74. The first-order chi connectivity index (χ1) is 12.7. The van der Waals surface area contributed by atoms with Crippen molar-refractivity contribution in [1.82, 2.24) is 14.5 Å². The highest BCUT2D eigenvalue weighted by atomic mass is 16.2. The Labute approximate surface area is 163 Å². The van der Waals surface area contributed by atoms with Crippen LogP contribution in [-0.4, -0.2) is 33.4 Å². The van der Waals surface area contributed by atoms with Crippen LogP contribution in [0.4, 0.5) is 0 Å². The third-order valence-corrected chi connectivity index (χ3v) is 6.39. The summed E-state index contributed by atoms with van der Waals surface area (Å²) in [7, 11) is 0. The van der Waals surface area contributed by atoms with E-state index in [1.807, 2.05) is 0 Å². The van der Waals surface area contributed by atoms with Crippen molar-refractivity contribution < 1.29 is 4.79 Å². The molecule has 0 spiro atoms. The van der Waals surface area contributed by atoms with Gasteiger partial charge >= 0.3 is 0 Å². The van der Waals surface area contributed by atoms with Gasteiger partial charge in [-0.15, -0.1) is 0 Å². The Kier molecular flexibility index (Phi) is 6.07. The van der Waals surface area contributed by atoms with Crippen LogP contribution in [0.25, 0.3) is 0 Å². The lowest BCUT2D eigenvalue weighted by Gasteiger charge is -2.36. The van der Waals surface area contributed by atoms with Crippen molar-refractivity contribution in [3.63, 3.8) is 0 Å². The fourth-order valence-electron chi connectivity index (χ4n) is 4.35. The van der Waals surface area contributed by atoms with Gasteiger partial charge < -0.3 is 4.90 Å². The summed E-state index contributed by atoms with van der Waals surface area (Å²) in [5.41, 5.74) is 0.761. The van der Waals surface area contributed by atoms with E-state index in [1.54, 1.807) is 17.0 Å². The van der Waals surface area contributed by atoms with E-state index in [1.165, 1.54) is 12.8 Å². The molecule has 3 rings (SSSR count). The normalized spacial score (nSPS) is 24.8. The minimum atomic E-state index is -0.110. The summed E-state index contributed by atoms with van der Waals surface area (Å²) in [6.07, 6.45) is 8.14. The van der Waals surface area contributed by atoms with Crippen LogP contribution in [0.2, 0.25) is 0 Å². The quantitative estimate of drug-likeness (QED) is 0.813. The lowest BCUT2D eigenvalue weighted by molar-refractivity contribution is -0.138. The number of aromatic nitrogens is 2. The zero-order valence-corrected chi connectivity index (χ0v) is 17.4. The monoisotopic (exact) mass is 373 g/mol. The summed E-state index contributed by atoms with van der Waals surface area (Å²) in [5.74, 6) is 1.83. The largest absolute Gasteiger partial charge is 0.342 e. The molecule has 1 saturated carbocycles. The van der Waals surface area contributed by atoms with E-state index in [0.717, 1.165) is 50.4 Å². The van der Waals surface area contributed by atoms with E-state index in [2.05, 4.69) is 37.6 Å². The van der Waals surface area contributed by atoms with Crippen LogP contribution in [-0.2, 0) is 16.8 Å². The maximum atomic E-state index is 12.8. The Hall–Kier alpha value is -1.65. The van der Waals surface area contributed by atoms with E-state index < -0.39 is 0 Å². The highest BCUT2D eigenvalue weighted by Crippen LogP contribution is 2.31. The number of piperidine rings is 1. The van der Waals surface area contributed by atoms with E-state index in [9.17, 15) is 9.59 Å². The third kappa shape index (κ3) is 4.99. The molecule has 5 heteroatoms. The van der Waals surface area contributed by atoms with Crippen LogP contribution in [0.5, 0.6) is 0 Å². The van der Waals surface area contributed by atoms with E-state index in [0.29, 0.717) is 18.4 Å². The molecule has 5 nitrogen and oxygen atoms in total. The van der Waals surface area contributed by atoms with Crippen LogP contribution < -0.4 is 5.56 Å². The van der Waals surface area contributed by atoms with Gasteiger partial charge in [-0.3, -0.25) is 14.2 Å². The average Bonchev–Trinajstić information content (AvgIpc) is 2.63. The van der Waals surface area contributed by atoms with Gasteiger partial charge in [-0.05, 0) is 50.4 Å². The van der Waals surface area contributed by atoms with Crippen molar-refractivity contribution in [1.29, 1.82) is 0 Å². The van der Waals surface area contributed by atoms with Gasteiger partial charge in [-0.2, -0.15) is 0 Å². The standard InChI is InChI=1S/C22H35N3O2/c1-16-5-7-18(8-6-16)21(27)24-11-9-17(10-12-24)14-25-15-23-19(13-20(25)26)22(2,3)4/h13,15-18H,5-12,14H2,1-4H3. The maximum Gasteiger partial charge on any atom is 0.253 e. The first-order valence-corrected chi connectivity index (χ1v) is 10.6. The van der Waals surface area contributed by atoms with Crippen molar-refractivity contribution >= 4 is 5.91 Å². The van der Waals surface area contributed by atoms with Gasteiger partial charge in [-0.1, -0.05) is 27.7 Å². The first kappa shape index (κ1) is 20.1. The minimum Gasteiger partial charge on any atom is -0.342 e. The van der Waals surface area contributed by atoms with E-state index in [4.69, 9.17) is 0 Å². The number of carbonyl (C=O) groups excluding carboxylic acids is 1. The molecule has 2 fully saturated rings. The topological polar surface area (TPSA) is 55.2 Å². The van der Waals surface area contributed by atoms with Gasteiger partial charge in [0.25, 0.3) is 5.56 Å². The predicted molar refractivity (Wildman–Crippen MR) is 108 cm³/mol. The van der Waals surface area contributed by atoms with Crippen LogP contribution in [0, 0.1) is 17.8 Å². The Morgan fingerprint density at radius 3 is 2.30 bits per heavy atom. The molecule has 0 radical (unpaired) electrons. The number of hydrogen-bond donors (Lipinski definition) is 0. The SMILES string of the molecule is CC1CCC(C(=O)N2CCC(Cn3cnc(C(C)(C)C)cc3=O)CC2)CC1. The Bertz CT molecular complexity index is 703. The van der Waals surface area contributed by atoms with Gasteiger partial charge in [0.15, 0.2) is 0 Å². The van der Waals surface area contributed by atoms with Crippen molar-refractivity contribution in [2.24, 2.45) is 17.8 Å². The van der Waals surface area contributed by atoms with Gasteiger partial charge in [0.05, 0.1) is 12.0 Å². The molecule has 27 heavy (non-hydrogen) atoms. The highest BCUT2D eigenvalue weighted by molar-refractivity contribution is 5.79. The van der Waals surface area contributed by atoms with E-state index >= 15 is 0 Å². The van der Waals surface area contributed by atoms with Gasteiger partial charge in [0.2, 0.25) is 5.91 Å². The number of rotatable bonds is 3. The zero-order valence-electron chi connectivity index (χ0n) is 17.4. The smallest absolute Gasteiger partial charge is 0.253 e. The van der Waals surface area contributed by atoms with Gasteiger partial charge in [-0.25, -0.2) is 4.98 Å². The van der Waals surface area contributed by atoms with E-state index in [-0.39, 0.29) is 16.9 Å². The summed E-state index contributed by atoms with van der Waals surface area (Å²) in [5, 5.41) is 0. The lowest BCUT2D eigenvalue weighted by atomic mass is 9.82. The molecular weight excluding hydrogens is 338 g/mol. The number of likely N-dealkylation sites (tertiary alicyclic amines) is 1. The third-order valence-electron chi connectivity index (χ3n) is 6.39. The molecule has 1 aromatic heterocycles. The van der Waals surface area contributed by atoms with Crippen molar-refractivity contribution in [3.05, 3.63) is 28.4 Å². The summed E-state index contributed by atoms with van der Waals surface area (Å²) >= 11 is 0. The van der Waals surface area contributed by atoms with Gasteiger partial charge in [0, 0.05) is 37.0 Å². The number of hydrogen-bond acceptors (Lipinski definition) is 3. The molecule has 1 amide bonds. The summed E-state index contributed by atoms with van der Waals surface area (Å²) in [4.78, 5) is 31.8. The van der Waals surface area contributed by atoms with Crippen LogP contribution in [0.1, 0.15) is 71.9 Å². The second kappa shape index (κ2) is 8.15. The molecule has 0 unspecified atom stereocenters. The number of amides is 1. The van der Waals surface area contributed by atoms with Crippen LogP contribution in [0.3, 0.4) is 0 Å². The second-order valence-corrected chi connectivity index (χ2v) is 9.74. The molecule has 150 valence electrons. The number of nitrogens with zero attached hydrogens (tertiary/aromatic N) is 3. The Balaban J connectivity index is 1.52. The molecule has 0 atom stereocenters. The highest BCUT2D eigenvalue weighted by Gasteiger charge is 2.30. The number of carbonyl (C=O) groups is 1. The molecule has 0 bridgehead atoms. The average molecular weight is 374 g/mol. The molecule has 1 aliphatic heterocycles. The molecule has 2 heterocycles. The predicted octanol–water partition coefficient (Wildman–Crippen LogP) is 3.61. The fraction of sp³-hybridized carbons (Fsp3) is 0.773. The molecule has 2 aliphatic rings. The minimum absolute atomic E-state index is 0.0322. The van der Waals surface area contributed by atoms with Crippen molar-refractivity contribution in [3.8, 4) is 0 Å². The Morgan fingerprint density at radius 2 is 1.74 bits per heavy atom. The molecule has 1 aromatic rings. The first-order valence-electron chi connectivity index (χ1n) is 10.6. The Morgan fingerprint density at radius 1 is 1.11 bits per heavy atom. The molecule has 1 aliphatic carbocycles. The van der Waals surface area contributed by atoms with Gasteiger partial charge in [0.1, 0.15) is 0 Å². The van der Waals surface area contributed by atoms with Crippen molar-refractivity contribution in [2.45, 2.75) is 78.2 Å². The second-order valence-electron chi connectivity index (χ2n) is 9.74. The van der Waals surface area contributed by atoms with Crippen LogP contribution >= 0.6 is 0 Å². The summed E-state index contributed by atoms with van der Waals surface area (Å²) in [6.45, 7) is 10.9.